The SMILES string of the molecule is CC(C)(C)OC(=O)CN1CCS(=O)(=O)CC1. The maximum atomic E-state index is 11.5. The van der Waals surface area contributed by atoms with E-state index >= 15 is 0 Å². The molecule has 1 heterocycles. The van der Waals surface area contributed by atoms with Crippen LogP contribution >= 0.6 is 0 Å². The predicted molar refractivity (Wildman–Crippen MR) is 60.9 cm³/mol. The van der Waals surface area contributed by atoms with E-state index in [2.05, 4.69) is 0 Å². The molecule has 0 bridgehead atoms. The van der Waals surface area contributed by atoms with Crippen LogP contribution in [0.25, 0.3) is 0 Å². The van der Waals surface area contributed by atoms with Crippen molar-refractivity contribution in [3.8, 4) is 0 Å². The van der Waals surface area contributed by atoms with E-state index in [1.807, 2.05) is 25.7 Å². The molecule has 1 saturated heterocycles. The van der Waals surface area contributed by atoms with Gasteiger partial charge in [0.15, 0.2) is 9.84 Å². The molecule has 1 aliphatic rings. The third kappa shape index (κ3) is 4.94. The van der Waals surface area contributed by atoms with Gasteiger partial charge in [0.2, 0.25) is 0 Å². The van der Waals surface area contributed by atoms with E-state index in [1.165, 1.54) is 0 Å². The molecule has 0 atom stereocenters. The average Bonchev–Trinajstić information content (AvgIpc) is 2.05. The first kappa shape index (κ1) is 13.4. The number of hydrogen-bond acceptors (Lipinski definition) is 5. The summed E-state index contributed by atoms with van der Waals surface area (Å²) in [6.45, 7) is 6.44. The van der Waals surface area contributed by atoms with E-state index in [0.29, 0.717) is 13.1 Å². The first-order chi connectivity index (χ1) is 7.18. The Kier molecular flexibility index (Phi) is 3.96. The van der Waals surface area contributed by atoms with Crippen LogP contribution in [0.1, 0.15) is 20.8 Å². The van der Waals surface area contributed by atoms with Gasteiger partial charge in [0.25, 0.3) is 0 Å². The highest BCUT2D eigenvalue weighted by Gasteiger charge is 2.25. The Labute approximate surface area is 96.7 Å². The van der Waals surface area contributed by atoms with Crippen LogP contribution in [0.4, 0.5) is 0 Å². The van der Waals surface area contributed by atoms with Gasteiger partial charge in [-0.3, -0.25) is 9.69 Å². The Morgan fingerprint density at radius 1 is 1.25 bits per heavy atom. The standard InChI is InChI=1S/C10H19NO4S/c1-10(2,3)15-9(12)8-11-4-6-16(13,14)7-5-11/h4-8H2,1-3H3. The summed E-state index contributed by atoms with van der Waals surface area (Å²) in [5.41, 5.74) is -0.487. The Hall–Kier alpha value is -0.620. The van der Waals surface area contributed by atoms with Crippen LogP contribution in [0.3, 0.4) is 0 Å². The summed E-state index contributed by atoms with van der Waals surface area (Å²) in [6.07, 6.45) is 0. The molecule has 1 aliphatic heterocycles. The molecule has 0 aromatic carbocycles. The summed E-state index contributed by atoms with van der Waals surface area (Å²) in [6, 6.07) is 0. The highest BCUT2D eigenvalue weighted by Crippen LogP contribution is 2.09. The van der Waals surface area contributed by atoms with Gasteiger partial charge in [0.05, 0.1) is 18.1 Å². The van der Waals surface area contributed by atoms with Crippen LogP contribution in [-0.4, -0.2) is 56.0 Å². The number of sulfone groups is 1. The van der Waals surface area contributed by atoms with Crippen LogP contribution in [0.2, 0.25) is 0 Å². The second kappa shape index (κ2) is 4.71. The van der Waals surface area contributed by atoms with Crippen molar-refractivity contribution in [1.82, 2.24) is 4.90 Å². The van der Waals surface area contributed by atoms with Crippen LogP contribution in [0, 0.1) is 0 Å². The molecule has 6 heteroatoms. The van der Waals surface area contributed by atoms with Gasteiger partial charge < -0.3 is 4.74 Å². The van der Waals surface area contributed by atoms with Gasteiger partial charge in [-0.1, -0.05) is 0 Å². The molecule has 0 N–H and O–H groups in total. The zero-order valence-electron chi connectivity index (χ0n) is 10.0. The topological polar surface area (TPSA) is 63.7 Å². The summed E-state index contributed by atoms with van der Waals surface area (Å²) >= 11 is 0. The van der Waals surface area contributed by atoms with Crippen LogP contribution in [0.15, 0.2) is 0 Å². The van der Waals surface area contributed by atoms with Crippen LogP contribution < -0.4 is 0 Å². The molecule has 0 amide bonds. The number of nitrogens with zero attached hydrogens (tertiary/aromatic N) is 1. The van der Waals surface area contributed by atoms with E-state index in [9.17, 15) is 13.2 Å². The van der Waals surface area contributed by atoms with E-state index < -0.39 is 15.4 Å². The minimum absolute atomic E-state index is 0.135. The summed E-state index contributed by atoms with van der Waals surface area (Å²) < 4.78 is 27.5. The van der Waals surface area contributed by atoms with E-state index in [1.54, 1.807) is 0 Å². The van der Waals surface area contributed by atoms with Gasteiger partial charge in [0, 0.05) is 13.1 Å². The highest BCUT2D eigenvalue weighted by molar-refractivity contribution is 7.91. The van der Waals surface area contributed by atoms with Gasteiger partial charge in [-0.15, -0.1) is 0 Å². The number of carbonyl (C=O) groups is 1. The van der Waals surface area contributed by atoms with Crippen molar-refractivity contribution in [3.63, 3.8) is 0 Å². The van der Waals surface area contributed by atoms with E-state index in [4.69, 9.17) is 4.74 Å². The Morgan fingerprint density at radius 3 is 2.19 bits per heavy atom. The van der Waals surface area contributed by atoms with Crippen molar-refractivity contribution in [2.75, 3.05) is 31.1 Å². The molecule has 0 aromatic rings. The molecule has 0 aromatic heterocycles. The van der Waals surface area contributed by atoms with E-state index in [0.717, 1.165) is 0 Å². The zero-order chi connectivity index (χ0) is 12.4. The highest BCUT2D eigenvalue weighted by atomic mass is 32.2. The summed E-state index contributed by atoms with van der Waals surface area (Å²) in [7, 11) is -2.88. The fourth-order valence-corrected chi connectivity index (χ4v) is 2.74. The molecule has 0 unspecified atom stereocenters. The summed E-state index contributed by atoms with van der Waals surface area (Å²) in [5.74, 6) is -0.0298. The van der Waals surface area contributed by atoms with Crippen molar-refractivity contribution in [2.24, 2.45) is 0 Å². The monoisotopic (exact) mass is 249 g/mol. The predicted octanol–water partition coefficient (Wildman–Crippen LogP) is 0.0585. The second-order valence-electron chi connectivity index (χ2n) is 5.01. The van der Waals surface area contributed by atoms with Gasteiger partial charge in [-0.05, 0) is 20.8 Å². The molecule has 0 saturated carbocycles. The molecule has 0 spiro atoms. The number of rotatable bonds is 2. The largest absolute Gasteiger partial charge is 0.459 e. The van der Waals surface area contributed by atoms with Gasteiger partial charge in [0.1, 0.15) is 5.60 Å². The Morgan fingerprint density at radius 2 is 1.75 bits per heavy atom. The molecule has 16 heavy (non-hydrogen) atoms. The van der Waals surface area contributed by atoms with Crippen LogP contribution in [-0.2, 0) is 19.4 Å². The quantitative estimate of drug-likeness (QED) is 0.647. The second-order valence-corrected chi connectivity index (χ2v) is 7.32. The molecule has 1 rings (SSSR count). The molecule has 94 valence electrons. The van der Waals surface area contributed by atoms with Crippen molar-refractivity contribution in [3.05, 3.63) is 0 Å². The van der Waals surface area contributed by atoms with Gasteiger partial charge in [-0.25, -0.2) is 8.42 Å². The Bertz CT molecular complexity index is 342. The first-order valence-electron chi connectivity index (χ1n) is 5.33. The minimum Gasteiger partial charge on any atom is -0.459 e. The van der Waals surface area contributed by atoms with E-state index in [-0.39, 0.29) is 24.0 Å². The lowest BCUT2D eigenvalue weighted by molar-refractivity contribution is -0.156. The molecule has 5 nitrogen and oxygen atoms in total. The van der Waals surface area contributed by atoms with Gasteiger partial charge >= 0.3 is 5.97 Å². The van der Waals surface area contributed by atoms with Crippen molar-refractivity contribution in [1.29, 1.82) is 0 Å². The summed E-state index contributed by atoms with van der Waals surface area (Å²) in [4.78, 5) is 13.3. The number of esters is 1. The lowest BCUT2D eigenvalue weighted by Crippen LogP contribution is -2.44. The fourth-order valence-electron chi connectivity index (χ4n) is 1.46. The third-order valence-electron chi connectivity index (χ3n) is 2.21. The first-order valence-corrected chi connectivity index (χ1v) is 7.15. The molecular weight excluding hydrogens is 230 g/mol. The minimum atomic E-state index is -2.88. The van der Waals surface area contributed by atoms with Crippen LogP contribution in [0.5, 0.6) is 0 Å². The van der Waals surface area contributed by atoms with Crippen molar-refractivity contribution >= 4 is 15.8 Å². The number of carbonyl (C=O) groups excluding carboxylic acids is 1. The van der Waals surface area contributed by atoms with Gasteiger partial charge in [-0.2, -0.15) is 0 Å². The maximum Gasteiger partial charge on any atom is 0.320 e. The fraction of sp³-hybridized carbons (Fsp3) is 0.900. The molecular formula is C10H19NO4S. The number of hydrogen-bond donors (Lipinski definition) is 0. The lowest BCUT2D eigenvalue weighted by Gasteiger charge is -2.27. The zero-order valence-corrected chi connectivity index (χ0v) is 10.8. The normalized spacial score (nSPS) is 21.7. The molecule has 0 aliphatic carbocycles. The Balaban J connectivity index is 2.37. The van der Waals surface area contributed by atoms with Crippen molar-refractivity contribution in [2.45, 2.75) is 26.4 Å². The smallest absolute Gasteiger partial charge is 0.320 e. The van der Waals surface area contributed by atoms with Crippen molar-refractivity contribution < 1.29 is 17.9 Å². The molecule has 1 fully saturated rings. The average molecular weight is 249 g/mol. The number of ether oxygens (including phenoxy) is 1. The molecule has 0 radical (unpaired) electrons. The summed E-state index contributed by atoms with van der Waals surface area (Å²) in [5, 5.41) is 0. The maximum absolute atomic E-state index is 11.5. The lowest BCUT2D eigenvalue weighted by atomic mass is 10.2. The third-order valence-corrected chi connectivity index (χ3v) is 3.82.